The van der Waals surface area contributed by atoms with E-state index in [0.29, 0.717) is 41.6 Å². The summed E-state index contributed by atoms with van der Waals surface area (Å²) in [6.45, 7) is 2.83. The molecule has 3 N–H and O–H groups in total. The van der Waals surface area contributed by atoms with Gasteiger partial charge in [-0.1, -0.05) is 41.9 Å². The van der Waals surface area contributed by atoms with Gasteiger partial charge >= 0.3 is 5.76 Å². The number of imidazole rings is 1. The molecule has 1 aromatic carbocycles. The number of aliphatic hydroxyl groups is 1. The van der Waals surface area contributed by atoms with Gasteiger partial charge in [-0.2, -0.15) is 0 Å². The maximum Gasteiger partial charge on any atom is 0.439 e. The van der Waals surface area contributed by atoms with Crippen LogP contribution in [-0.2, 0) is 6.54 Å². The van der Waals surface area contributed by atoms with Gasteiger partial charge in [-0.3, -0.25) is 9.51 Å². The van der Waals surface area contributed by atoms with Crippen molar-refractivity contribution in [3.05, 3.63) is 52.3 Å². The van der Waals surface area contributed by atoms with Crippen LogP contribution in [0.2, 0.25) is 0 Å². The number of fused-ring (bicyclic) bond motifs is 1. The topological polar surface area (TPSA) is 135 Å². The van der Waals surface area contributed by atoms with Gasteiger partial charge in [0.1, 0.15) is 17.4 Å². The van der Waals surface area contributed by atoms with Crippen LogP contribution in [0.4, 0.5) is 5.82 Å². The number of benzene rings is 1. The highest BCUT2D eigenvalue weighted by molar-refractivity contribution is 5.86. The molecule has 6 rings (SSSR count). The lowest BCUT2D eigenvalue weighted by molar-refractivity contribution is 0.199. The highest BCUT2D eigenvalue weighted by Crippen LogP contribution is 2.36. The molecule has 10 nitrogen and oxygen atoms in total. The van der Waals surface area contributed by atoms with Gasteiger partial charge in [-0.15, -0.1) is 12.3 Å². The molecule has 4 aromatic rings. The summed E-state index contributed by atoms with van der Waals surface area (Å²) < 4.78 is 6.80. The summed E-state index contributed by atoms with van der Waals surface area (Å²) in [4.78, 5) is 28.6. The lowest BCUT2D eigenvalue weighted by atomic mass is 9.80. The summed E-state index contributed by atoms with van der Waals surface area (Å²) in [6.07, 6.45) is 12.3. The van der Waals surface area contributed by atoms with Crippen molar-refractivity contribution in [3.8, 4) is 24.0 Å². The van der Waals surface area contributed by atoms with Crippen molar-refractivity contribution >= 4 is 17.0 Å². The Bertz CT molecular complexity index is 1540. The Balaban J connectivity index is 1.48. The number of terminal acetylenes is 1. The average Bonchev–Trinajstić information content (AvgIpc) is 3.52. The summed E-state index contributed by atoms with van der Waals surface area (Å²) in [5.41, 5.74) is 1.91. The molecule has 3 aromatic heterocycles. The molecule has 39 heavy (non-hydrogen) atoms. The minimum Gasteiger partial charge on any atom is -0.380 e. The van der Waals surface area contributed by atoms with Gasteiger partial charge in [0.25, 0.3) is 0 Å². The standard InChI is InChI=1S/C29H33N7O3/c1-3-18-12-14-19(15-13-18)16-36-22-24(30-17(2)20-10-7-11-20)31-26(27-34-29(38)39-35-27)32-25(22)33-28(36)23(37)21-8-5-4-6-9-21/h1,4-6,8-9,17-20,23,37H,7,10-16H2,2H3,(H,30,31,32)(H,34,35,38)/t17-,18-,19-,23?/m1/s1. The van der Waals surface area contributed by atoms with E-state index in [1.807, 2.05) is 30.3 Å². The summed E-state index contributed by atoms with van der Waals surface area (Å²) in [6, 6.07) is 9.68. The molecule has 10 heteroatoms. The van der Waals surface area contributed by atoms with Crippen LogP contribution in [0.15, 0.2) is 39.6 Å². The zero-order chi connectivity index (χ0) is 26.9. The SMILES string of the molecule is C#C[C@H]1CC[C@H](Cn2c(C(O)c3ccccc3)nc3nc(-c4noc(=O)[nH]4)nc(N[C@H](C)C4CCC4)c32)CC1. The first-order valence-electron chi connectivity index (χ1n) is 13.8. The Morgan fingerprint density at radius 1 is 1.15 bits per heavy atom. The zero-order valence-electron chi connectivity index (χ0n) is 22.0. The van der Waals surface area contributed by atoms with Gasteiger partial charge in [-0.25, -0.2) is 19.7 Å². The third kappa shape index (κ3) is 5.06. The fraction of sp³-hybridized carbons (Fsp3) is 0.483. The summed E-state index contributed by atoms with van der Waals surface area (Å²) in [5, 5.41) is 18.9. The number of aliphatic hydroxyl groups excluding tert-OH is 1. The first-order chi connectivity index (χ1) is 19.0. The Hall–Kier alpha value is -3.97. The molecule has 2 aliphatic carbocycles. The summed E-state index contributed by atoms with van der Waals surface area (Å²) >= 11 is 0. The Kier molecular flexibility index (Phi) is 6.92. The normalized spacial score (nSPS) is 21.3. The van der Waals surface area contributed by atoms with E-state index in [1.165, 1.54) is 19.3 Å². The van der Waals surface area contributed by atoms with E-state index in [-0.39, 0.29) is 17.7 Å². The Morgan fingerprint density at radius 2 is 1.92 bits per heavy atom. The predicted octanol–water partition coefficient (Wildman–Crippen LogP) is 4.29. The highest BCUT2D eigenvalue weighted by atomic mass is 16.5. The second kappa shape index (κ2) is 10.7. The first-order valence-corrected chi connectivity index (χ1v) is 13.8. The summed E-state index contributed by atoms with van der Waals surface area (Å²) in [7, 11) is 0. The van der Waals surface area contributed by atoms with E-state index in [4.69, 9.17) is 20.9 Å². The fourth-order valence-corrected chi connectivity index (χ4v) is 5.81. The molecular weight excluding hydrogens is 494 g/mol. The molecule has 1 unspecified atom stereocenters. The van der Waals surface area contributed by atoms with E-state index < -0.39 is 11.9 Å². The van der Waals surface area contributed by atoms with E-state index in [9.17, 15) is 9.90 Å². The smallest absolute Gasteiger partial charge is 0.380 e. The second-order valence-corrected chi connectivity index (χ2v) is 10.9. The van der Waals surface area contributed by atoms with Crippen LogP contribution >= 0.6 is 0 Å². The molecule has 3 heterocycles. The van der Waals surface area contributed by atoms with Gasteiger partial charge in [-0.05, 0) is 62.8 Å². The lowest BCUT2D eigenvalue weighted by Crippen LogP contribution is -2.31. The maximum absolute atomic E-state index is 11.7. The maximum atomic E-state index is 11.7. The van der Waals surface area contributed by atoms with Crippen molar-refractivity contribution in [2.24, 2.45) is 17.8 Å². The van der Waals surface area contributed by atoms with Crippen LogP contribution in [0.3, 0.4) is 0 Å². The highest BCUT2D eigenvalue weighted by Gasteiger charge is 2.30. The molecule has 0 radical (unpaired) electrons. The van der Waals surface area contributed by atoms with Gasteiger partial charge in [0.2, 0.25) is 11.6 Å². The Morgan fingerprint density at radius 3 is 2.56 bits per heavy atom. The van der Waals surface area contributed by atoms with E-state index in [2.05, 4.69) is 37.9 Å². The van der Waals surface area contributed by atoms with E-state index in [1.54, 1.807) is 0 Å². The minimum absolute atomic E-state index is 0.133. The number of aromatic nitrogens is 6. The van der Waals surface area contributed by atoms with Crippen LogP contribution in [0.25, 0.3) is 22.8 Å². The van der Waals surface area contributed by atoms with Gasteiger partial charge in [0, 0.05) is 18.5 Å². The molecule has 0 saturated heterocycles. The Labute approximate surface area is 226 Å². The van der Waals surface area contributed by atoms with Gasteiger partial charge < -0.3 is 15.0 Å². The second-order valence-electron chi connectivity index (χ2n) is 10.9. The minimum atomic E-state index is -0.949. The number of anilines is 1. The number of hydrogen-bond donors (Lipinski definition) is 3. The number of H-pyrrole nitrogens is 1. The molecule has 0 amide bonds. The molecule has 2 atom stereocenters. The molecule has 2 aliphatic rings. The fourth-order valence-electron chi connectivity index (χ4n) is 5.81. The van der Waals surface area contributed by atoms with Crippen LogP contribution < -0.4 is 11.1 Å². The van der Waals surface area contributed by atoms with Crippen molar-refractivity contribution in [1.29, 1.82) is 0 Å². The van der Waals surface area contributed by atoms with Crippen molar-refractivity contribution in [3.63, 3.8) is 0 Å². The molecule has 202 valence electrons. The van der Waals surface area contributed by atoms with Crippen molar-refractivity contribution in [2.75, 3.05) is 5.32 Å². The number of nitrogens with zero attached hydrogens (tertiary/aromatic N) is 5. The van der Waals surface area contributed by atoms with Crippen molar-refractivity contribution in [1.82, 2.24) is 29.7 Å². The molecule has 2 fully saturated rings. The molecule has 0 spiro atoms. The van der Waals surface area contributed by atoms with Crippen LogP contribution in [0.5, 0.6) is 0 Å². The first kappa shape index (κ1) is 25.3. The van der Waals surface area contributed by atoms with E-state index >= 15 is 0 Å². The van der Waals surface area contributed by atoms with Crippen molar-refractivity contribution in [2.45, 2.75) is 70.6 Å². The number of aromatic amines is 1. The molecule has 0 aliphatic heterocycles. The summed E-state index contributed by atoms with van der Waals surface area (Å²) in [5.74, 6) is 4.95. The third-order valence-electron chi connectivity index (χ3n) is 8.39. The number of hydrogen-bond acceptors (Lipinski definition) is 8. The molecule has 0 bridgehead atoms. The van der Waals surface area contributed by atoms with Crippen LogP contribution in [0, 0.1) is 30.1 Å². The lowest BCUT2D eigenvalue weighted by Gasteiger charge is -2.32. The predicted molar refractivity (Wildman–Crippen MR) is 147 cm³/mol. The van der Waals surface area contributed by atoms with Gasteiger partial charge in [0.05, 0.1) is 0 Å². The quantitative estimate of drug-likeness (QED) is 0.289. The average molecular weight is 528 g/mol. The monoisotopic (exact) mass is 527 g/mol. The largest absolute Gasteiger partial charge is 0.439 e. The third-order valence-corrected chi connectivity index (χ3v) is 8.39. The van der Waals surface area contributed by atoms with Crippen molar-refractivity contribution < 1.29 is 9.63 Å². The van der Waals surface area contributed by atoms with Crippen LogP contribution in [0.1, 0.15) is 69.4 Å². The molecule has 2 saturated carbocycles. The molecular formula is C29H33N7O3. The van der Waals surface area contributed by atoms with Crippen LogP contribution in [-0.4, -0.2) is 40.8 Å². The zero-order valence-corrected chi connectivity index (χ0v) is 22.0. The van der Waals surface area contributed by atoms with Gasteiger partial charge in [0.15, 0.2) is 11.5 Å². The number of nitrogens with one attached hydrogen (secondary N) is 2. The van der Waals surface area contributed by atoms with E-state index in [0.717, 1.165) is 36.8 Å². The number of rotatable bonds is 8.